The topological polar surface area (TPSA) is 39.6 Å². The molecule has 0 saturated carbocycles. The predicted molar refractivity (Wildman–Crippen MR) is 95.1 cm³/mol. The zero-order chi connectivity index (χ0) is 16.2. The largest absolute Gasteiger partial charge is 0.387 e. The monoisotopic (exact) mass is 311 g/mol. The van der Waals surface area contributed by atoms with Gasteiger partial charge >= 0.3 is 0 Å². The quantitative estimate of drug-likeness (QED) is 0.945. The van der Waals surface area contributed by atoms with E-state index in [-0.39, 0.29) is 0 Å². The average molecular weight is 311 g/mol. The molecule has 0 bridgehead atoms. The minimum Gasteiger partial charge on any atom is -0.387 e. The number of aryl methyl sites for hydroxylation is 1. The summed E-state index contributed by atoms with van der Waals surface area (Å²) in [6.45, 7) is 7.94. The minimum absolute atomic E-state index is 0.523. The molecule has 1 saturated heterocycles. The Kier molecular flexibility index (Phi) is 4.82. The van der Waals surface area contributed by atoms with Gasteiger partial charge < -0.3 is 14.9 Å². The number of benzene rings is 1. The van der Waals surface area contributed by atoms with Crippen LogP contribution in [0.2, 0.25) is 0 Å². The highest BCUT2D eigenvalue weighted by atomic mass is 16.3. The molecule has 0 aliphatic carbocycles. The van der Waals surface area contributed by atoms with Crippen LogP contribution in [0.25, 0.3) is 0 Å². The maximum Gasteiger partial charge on any atom is 0.128 e. The van der Waals surface area contributed by atoms with E-state index in [1.165, 1.54) is 11.3 Å². The molecule has 1 aromatic heterocycles. The Bertz CT molecular complexity index is 657. The van der Waals surface area contributed by atoms with Crippen molar-refractivity contribution in [2.45, 2.75) is 26.4 Å². The van der Waals surface area contributed by atoms with Crippen molar-refractivity contribution < 1.29 is 5.11 Å². The molecule has 3 rings (SSSR count). The van der Waals surface area contributed by atoms with Crippen molar-refractivity contribution in [2.75, 3.05) is 36.0 Å². The number of anilines is 2. The molecule has 4 nitrogen and oxygen atoms in total. The third-order valence-corrected chi connectivity index (χ3v) is 4.46. The van der Waals surface area contributed by atoms with E-state index in [2.05, 4.69) is 46.0 Å². The molecule has 23 heavy (non-hydrogen) atoms. The van der Waals surface area contributed by atoms with Gasteiger partial charge in [0.05, 0.1) is 11.8 Å². The highest BCUT2D eigenvalue weighted by molar-refractivity contribution is 5.53. The molecule has 1 aliphatic rings. The first kappa shape index (κ1) is 15.8. The summed E-state index contributed by atoms with van der Waals surface area (Å²) in [6, 6.07) is 14.5. The first-order chi connectivity index (χ1) is 11.1. The summed E-state index contributed by atoms with van der Waals surface area (Å²) < 4.78 is 0. The number of hydrogen-bond acceptors (Lipinski definition) is 4. The Morgan fingerprint density at radius 1 is 0.957 bits per heavy atom. The number of pyridine rings is 1. The van der Waals surface area contributed by atoms with Gasteiger partial charge in [0.15, 0.2) is 0 Å². The second-order valence-corrected chi connectivity index (χ2v) is 6.21. The van der Waals surface area contributed by atoms with Crippen LogP contribution in [-0.4, -0.2) is 36.3 Å². The lowest BCUT2D eigenvalue weighted by Gasteiger charge is -2.25. The zero-order valence-corrected chi connectivity index (χ0v) is 13.9. The van der Waals surface area contributed by atoms with Crippen LogP contribution in [0.3, 0.4) is 0 Å². The van der Waals surface area contributed by atoms with Crippen LogP contribution >= 0.6 is 0 Å². The van der Waals surface area contributed by atoms with E-state index in [0.29, 0.717) is 0 Å². The smallest absolute Gasteiger partial charge is 0.128 e. The normalized spacial score (nSPS) is 17.0. The van der Waals surface area contributed by atoms with Gasteiger partial charge in [-0.2, -0.15) is 0 Å². The molecule has 122 valence electrons. The summed E-state index contributed by atoms with van der Waals surface area (Å²) in [5.41, 5.74) is 3.40. The van der Waals surface area contributed by atoms with Crippen LogP contribution in [0.5, 0.6) is 0 Å². The predicted octanol–water partition coefficient (Wildman–Crippen LogP) is 3.16. The van der Waals surface area contributed by atoms with E-state index >= 15 is 0 Å². The summed E-state index contributed by atoms with van der Waals surface area (Å²) in [7, 11) is 0. The molecule has 2 aromatic rings. The van der Waals surface area contributed by atoms with Gasteiger partial charge in [-0.3, -0.25) is 0 Å². The van der Waals surface area contributed by atoms with Crippen molar-refractivity contribution in [1.82, 2.24) is 4.98 Å². The molecular weight excluding hydrogens is 286 g/mol. The summed E-state index contributed by atoms with van der Waals surface area (Å²) in [5, 5.41) is 9.73. The van der Waals surface area contributed by atoms with Crippen molar-refractivity contribution in [2.24, 2.45) is 0 Å². The number of hydrogen-bond donors (Lipinski definition) is 1. The van der Waals surface area contributed by atoms with Gasteiger partial charge in [-0.15, -0.1) is 0 Å². The van der Waals surface area contributed by atoms with Crippen LogP contribution in [0.15, 0.2) is 42.5 Å². The average Bonchev–Trinajstić information content (AvgIpc) is 2.81. The number of nitrogens with zero attached hydrogens (tertiary/aromatic N) is 3. The first-order valence-electron chi connectivity index (χ1n) is 8.35. The Balaban J connectivity index is 1.74. The van der Waals surface area contributed by atoms with Crippen molar-refractivity contribution in [3.63, 3.8) is 0 Å². The molecule has 1 fully saturated rings. The SMILES string of the molecule is Cc1ccccc1N1CCCN(c2cccc([C@H](C)O)n2)CC1. The van der Waals surface area contributed by atoms with Gasteiger partial charge in [-0.1, -0.05) is 24.3 Å². The van der Waals surface area contributed by atoms with Gasteiger partial charge in [0.1, 0.15) is 5.82 Å². The molecule has 0 radical (unpaired) electrons. The Labute approximate surface area is 138 Å². The van der Waals surface area contributed by atoms with Crippen molar-refractivity contribution in [1.29, 1.82) is 0 Å². The molecule has 1 aliphatic heterocycles. The van der Waals surface area contributed by atoms with E-state index in [1.54, 1.807) is 6.92 Å². The van der Waals surface area contributed by atoms with Gasteiger partial charge in [0.25, 0.3) is 0 Å². The lowest BCUT2D eigenvalue weighted by Crippen LogP contribution is -2.31. The fourth-order valence-electron chi connectivity index (χ4n) is 3.15. The van der Waals surface area contributed by atoms with Crippen molar-refractivity contribution in [3.8, 4) is 0 Å². The standard InChI is InChI=1S/C19H25N3O/c1-15-7-3-4-9-18(15)21-11-6-12-22(14-13-21)19-10-5-8-17(20-19)16(2)23/h3-5,7-10,16,23H,6,11-14H2,1-2H3/t16-/m0/s1. The molecule has 2 heterocycles. The number of para-hydroxylation sites is 1. The molecule has 0 spiro atoms. The molecule has 1 atom stereocenters. The van der Waals surface area contributed by atoms with Gasteiger partial charge in [0.2, 0.25) is 0 Å². The fourth-order valence-corrected chi connectivity index (χ4v) is 3.15. The lowest BCUT2D eigenvalue weighted by atomic mass is 10.2. The van der Waals surface area contributed by atoms with Crippen LogP contribution in [0.4, 0.5) is 11.5 Å². The van der Waals surface area contributed by atoms with E-state index < -0.39 is 6.10 Å². The molecule has 0 amide bonds. The van der Waals surface area contributed by atoms with Crippen LogP contribution in [-0.2, 0) is 0 Å². The Morgan fingerprint density at radius 2 is 1.70 bits per heavy atom. The van der Waals surface area contributed by atoms with Crippen LogP contribution in [0.1, 0.15) is 30.7 Å². The third kappa shape index (κ3) is 3.64. The van der Waals surface area contributed by atoms with Gasteiger partial charge in [-0.05, 0) is 44.0 Å². The van der Waals surface area contributed by atoms with E-state index in [0.717, 1.165) is 44.1 Å². The Hall–Kier alpha value is -2.07. The van der Waals surface area contributed by atoms with Gasteiger partial charge in [-0.25, -0.2) is 4.98 Å². The van der Waals surface area contributed by atoms with E-state index in [9.17, 15) is 5.11 Å². The fraction of sp³-hybridized carbons (Fsp3) is 0.421. The second kappa shape index (κ2) is 7.01. The summed E-state index contributed by atoms with van der Waals surface area (Å²) >= 11 is 0. The minimum atomic E-state index is -0.523. The molecule has 4 heteroatoms. The van der Waals surface area contributed by atoms with E-state index in [1.807, 2.05) is 18.2 Å². The number of aliphatic hydroxyl groups is 1. The molecule has 1 aromatic carbocycles. The lowest BCUT2D eigenvalue weighted by molar-refractivity contribution is 0.194. The number of aliphatic hydroxyl groups excluding tert-OH is 1. The summed E-state index contributed by atoms with van der Waals surface area (Å²) in [6.07, 6.45) is 0.583. The zero-order valence-electron chi connectivity index (χ0n) is 13.9. The van der Waals surface area contributed by atoms with Crippen LogP contribution < -0.4 is 9.80 Å². The molecule has 1 N–H and O–H groups in total. The highest BCUT2D eigenvalue weighted by Crippen LogP contribution is 2.23. The highest BCUT2D eigenvalue weighted by Gasteiger charge is 2.17. The van der Waals surface area contributed by atoms with Gasteiger partial charge in [0, 0.05) is 31.9 Å². The molecular formula is C19H25N3O. The second-order valence-electron chi connectivity index (χ2n) is 6.21. The number of rotatable bonds is 3. The summed E-state index contributed by atoms with van der Waals surface area (Å²) in [4.78, 5) is 9.40. The third-order valence-electron chi connectivity index (χ3n) is 4.46. The maximum absolute atomic E-state index is 9.73. The number of aromatic nitrogens is 1. The summed E-state index contributed by atoms with van der Waals surface area (Å²) in [5.74, 6) is 0.968. The van der Waals surface area contributed by atoms with E-state index in [4.69, 9.17) is 0 Å². The van der Waals surface area contributed by atoms with Crippen molar-refractivity contribution >= 4 is 11.5 Å². The molecule has 0 unspecified atom stereocenters. The first-order valence-corrected chi connectivity index (χ1v) is 8.35. The van der Waals surface area contributed by atoms with Crippen molar-refractivity contribution in [3.05, 3.63) is 53.7 Å². The maximum atomic E-state index is 9.73. The van der Waals surface area contributed by atoms with Crippen LogP contribution in [0, 0.1) is 6.92 Å². The Morgan fingerprint density at radius 3 is 2.48 bits per heavy atom.